The van der Waals surface area contributed by atoms with Crippen LogP contribution in [0, 0.1) is 0 Å². The van der Waals surface area contributed by atoms with Crippen LogP contribution in [0.1, 0.15) is 101 Å². The zero-order chi connectivity index (χ0) is 41.7. The predicted molar refractivity (Wildman–Crippen MR) is 250 cm³/mol. The van der Waals surface area contributed by atoms with E-state index in [4.69, 9.17) is 14.6 Å². The molecule has 0 spiro atoms. The number of benzene rings is 6. The number of para-hydroxylation sites is 3. The molecule has 0 fully saturated rings. The van der Waals surface area contributed by atoms with Gasteiger partial charge in [0.1, 0.15) is 5.58 Å². The normalized spacial score (nSPS) is 11.9. The van der Waals surface area contributed by atoms with Crippen molar-refractivity contribution in [2.75, 3.05) is 0 Å². The summed E-state index contributed by atoms with van der Waals surface area (Å²) in [5.74, 6) is 1.53. The van der Waals surface area contributed by atoms with Crippen molar-refractivity contribution >= 4 is 33.0 Å². The summed E-state index contributed by atoms with van der Waals surface area (Å²) in [5.41, 5.74) is 16.6. The van der Waals surface area contributed by atoms with E-state index >= 15 is 0 Å². The van der Waals surface area contributed by atoms with Gasteiger partial charge in [-0.05, 0) is 112 Å². The summed E-state index contributed by atoms with van der Waals surface area (Å²) in [7, 11) is 0. The molecule has 0 saturated carbocycles. The number of nitrogens with zero attached hydrogens (tertiary/aromatic N) is 5. The molecule has 0 aliphatic carbocycles. The number of fused-ring (bicyclic) bond motifs is 4. The van der Waals surface area contributed by atoms with E-state index in [2.05, 4.69) is 182 Å². The van der Waals surface area contributed by atoms with Gasteiger partial charge in [-0.3, -0.25) is 0 Å². The molecule has 0 N–H and O–H groups in total. The van der Waals surface area contributed by atoms with Crippen molar-refractivity contribution in [3.63, 3.8) is 0 Å². The molecule has 9 aromatic rings. The van der Waals surface area contributed by atoms with Crippen LogP contribution >= 0.6 is 0 Å². The summed E-state index contributed by atoms with van der Waals surface area (Å²) in [4.78, 5) is 0. The predicted octanol–water partition coefficient (Wildman–Crippen LogP) is 14.9. The van der Waals surface area contributed by atoms with E-state index in [-0.39, 0.29) is 0 Å². The summed E-state index contributed by atoms with van der Waals surface area (Å²) in [6, 6.07) is 45.3. The van der Waals surface area contributed by atoms with Crippen molar-refractivity contribution in [1.82, 2.24) is 24.1 Å². The van der Waals surface area contributed by atoms with Gasteiger partial charge in [0, 0.05) is 40.0 Å². The minimum Gasteiger partial charge on any atom is -0.455 e. The number of hydrogen-bond donors (Lipinski definition) is 0. The van der Waals surface area contributed by atoms with Crippen molar-refractivity contribution in [3.8, 4) is 39.3 Å². The molecule has 300 valence electrons. The van der Waals surface area contributed by atoms with Gasteiger partial charge in [-0.15, -0.1) is 0 Å². The van der Waals surface area contributed by atoms with Gasteiger partial charge in [0.05, 0.1) is 34.8 Å². The molecule has 0 radical (unpaired) electrons. The Balaban J connectivity index is 1.26. The SMILES string of the molecule is CC(C)c1cccc(C(C)C)c1-c1cnn(-c2cccc(-n3c4ccccc4oc4ccccc4c4ccc(-n5cc(-c6c(C(C)C)cccc6C(C)C)cn5)cc43)c2)c1. The zero-order valence-corrected chi connectivity index (χ0v) is 35.9. The summed E-state index contributed by atoms with van der Waals surface area (Å²) in [6.45, 7) is 18.1. The fourth-order valence-corrected chi connectivity index (χ4v) is 8.84. The lowest BCUT2D eigenvalue weighted by Crippen LogP contribution is -2.03. The van der Waals surface area contributed by atoms with Gasteiger partial charge < -0.3 is 8.98 Å². The fourth-order valence-electron chi connectivity index (χ4n) is 8.84. The third kappa shape index (κ3) is 7.00. The highest BCUT2D eigenvalue weighted by Crippen LogP contribution is 2.39. The molecule has 6 nitrogen and oxygen atoms in total. The van der Waals surface area contributed by atoms with E-state index in [0.29, 0.717) is 23.7 Å². The molecule has 3 heterocycles. The molecule has 0 saturated heterocycles. The zero-order valence-electron chi connectivity index (χ0n) is 35.9. The maximum absolute atomic E-state index is 6.77. The lowest BCUT2D eigenvalue weighted by atomic mass is 9.86. The molecule has 6 heteroatoms. The first kappa shape index (κ1) is 38.8. The third-order valence-corrected chi connectivity index (χ3v) is 11.8. The van der Waals surface area contributed by atoms with Crippen molar-refractivity contribution in [3.05, 3.63) is 174 Å². The van der Waals surface area contributed by atoms with Crippen LogP contribution in [0.4, 0.5) is 0 Å². The van der Waals surface area contributed by atoms with E-state index in [0.717, 1.165) is 61.2 Å². The van der Waals surface area contributed by atoms with Gasteiger partial charge in [0.2, 0.25) is 0 Å². The Labute approximate surface area is 353 Å². The lowest BCUT2D eigenvalue weighted by Gasteiger charge is -2.18. The van der Waals surface area contributed by atoms with Crippen LogP contribution in [0.25, 0.3) is 72.3 Å². The Bertz CT molecular complexity index is 3020. The van der Waals surface area contributed by atoms with Crippen LogP contribution < -0.4 is 0 Å². The quantitative estimate of drug-likeness (QED) is 0.146. The highest BCUT2D eigenvalue weighted by atomic mass is 16.3. The standard InChI is InChI=1S/C54H53N5O/c1-34(2)43-19-14-20-44(35(3)4)53(43)38-30-55-57(32-38)40-16-13-17-42(28-40)59-49-23-10-12-25-52(49)60-51-24-11-9-18-48(51)47-27-26-41(29-50(47)59)58-33-39(31-56-58)54-45(36(5)6)21-15-22-46(54)37(7)8/h9-37H,1-8H3. The molecule has 0 atom stereocenters. The average molecular weight is 788 g/mol. The minimum atomic E-state index is 0.381. The smallest absolute Gasteiger partial charge is 0.151 e. The molecule has 0 bridgehead atoms. The molecule has 0 amide bonds. The van der Waals surface area contributed by atoms with Crippen LogP contribution in [0.5, 0.6) is 0 Å². The van der Waals surface area contributed by atoms with E-state index < -0.39 is 0 Å². The van der Waals surface area contributed by atoms with Crippen LogP contribution in [0.15, 0.2) is 157 Å². The summed E-state index contributed by atoms with van der Waals surface area (Å²) in [5, 5.41) is 12.1. The molecule has 0 aliphatic heterocycles. The van der Waals surface area contributed by atoms with E-state index in [1.54, 1.807) is 0 Å². The van der Waals surface area contributed by atoms with Gasteiger partial charge in [0.15, 0.2) is 5.58 Å². The molecular formula is C54H53N5O. The van der Waals surface area contributed by atoms with E-state index in [1.807, 2.05) is 40.0 Å². The van der Waals surface area contributed by atoms with E-state index in [9.17, 15) is 0 Å². The Hall–Kier alpha value is -6.66. The Kier molecular flexibility index (Phi) is 10.2. The Morgan fingerprint density at radius 3 is 1.47 bits per heavy atom. The molecule has 3 aromatic heterocycles. The molecular weight excluding hydrogens is 735 g/mol. The minimum absolute atomic E-state index is 0.381. The number of aromatic nitrogens is 5. The second-order valence-electron chi connectivity index (χ2n) is 17.2. The highest BCUT2D eigenvalue weighted by molar-refractivity contribution is 6.05. The Morgan fingerprint density at radius 1 is 0.417 bits per heavy atom. The number of rotatable bonds is 9. The summed E-state index contributed by atoms with van der Waals surface area (Å²) in [6.07, 6.45) is 8.40. The first-order valence-electron chi connectivity index (χ1n) is 21.3. The van der Waals surface area contributed by atoms with Crippen molar-refractivity contribution in [2.45, 2.75) is 79.1 Å². The maximum Gasteiger partial charge on any atom is 0.151 e. The van der Waals surface area contributed by atoms with Crippen molar-refractivity contribution < 1.29 is 4.42 Å². The van der Waals surface area contributed by atoms with Gasteiger partial charge >= 0.3 is 0 Å². The average Bonchev–Trinajstić information content (AvgIpc) is 3.95. The van der Waals surface area contributed by atoms with Crippen LogP contribution in [0.2, 0.25) is 0 Å². The van der Waals surface area contributed by atoms with Gasteiger partial charge in [-0.25, -0.2) is 9.36 Å². The Morgan fingerprint density at radius 2 is 0.900 bits per heavy atom. The first-order valence-corrected chi connectivity index (χ1v) is 21.3. The highest BCUT2D eigenvalue weighted by Gasteiger charge is 2.20. The topological polar surface area (TPSA) is 53.7 Å². The van der Waals surface area contributed by atoms with Gasteiger partial charge in [-0.2, -0.15) is 10.2 Å². The molecule has 0 aliphatic rings. The fraction of sp³-hybridized carbons (Fsp3) is 0.222. The maximum atomic E-state index is 6.77. The summed E-state index contributed by atoms with van der Waals surface area (Å²) >= 11 is 0. The van der Waals surface area contributed by atoms with E-state index in [1.165, 1.54) is 33.4 Å². The molecule has 9 rings (SSSR count). The second-order valence-corrected chi connectivity index (χ2v) is 17.2. The van der Waals surface area contributed by atoms with Crippen LogP contribution in [0.3, 0.4) is 0 Å². The largest absolute Gasteiger partial charge is 0.455 e. The lowest BCUT2D eigenvalue weighted by molar-refractivity contribution is 0.660. The van der Waals surface area contributed by atoms with Gasteiger partial charge in [-0.1, -0.05) is 128 Å². The summed E-state index contributed by atoms with van der Waals surface area (Å²) < 4.78 is 13.1. The van der Waals surface area contributed by atoms with Crippen LogP contribution in [-0.2, 0) is 0 Å². The third-order valence-electron chi connectivity index (χ3n) is 11.8. The van der Waals surface area contributed by atoms with Crippen molar-refractivity contribution in [2.24, 2.45) is 0 Å². The van der Waals surface area contributed by atoms with Crippen molar-refractivity contribution in [1.29, 1.82) is 0 Å². The second kappa shape index (κ2) is 15.8. The monoisotopic (exact) mass is 787 g/mol. The molecule has 0 unspecified atom stereocenters. The van der Waals surface area contributed by atoms with Crippen LogP contribution in [-0.4, -0.2) is 24.1 Å². The van der Waals surface area contributed by atoms with Gasteiger partial charge in [0.25, 0.3) is 0 Å². The number of hydrogen-bond acceptors (Lipinski definition) is 3. The molecule has 60 heavy (non-hydrogen) atoms. The molecule has 6 aromatic carbocycles. The first-order chi connectivity index (χ1) is 29.1.